The second kappa shape index (κ2) is 6.74. The number of amides is 1. The van der Waals surface area contributed by atoms with Gasteiger partial charge in [0, 0.05) is 6.54 Å². The average Bonchev–Trinajstić information content (AvgIpc) is 2.96. The minimum atomic E-state index is -0.176. The maximum atomic E-state index is 12.7. The van der Waals surface area contributed by atoms with Gasteiger partial charge in [-0.15, -0.1) is 0 Å². The van der Waals surface area contributed by atoms with E-state index in [0.717, 1.165) is 38.6 Å². The summed E-state index contributed by atoms with van der Waals surface area (Å²) >= 11 is 0. The quantitative estimate of drug-likeness (QED) is 0.716. The van der Waals surface area contributed by atoms with Gasteiger partial charge >= 0.3 is 0 Å². The van der Waals surface area contributed by atoms with Gasteiger partial charge in [0.2, 0.25) is 5.91 Å². The van der Waals surface area contributed by atoms with Crippen molar-refractivity contribution >= 4 is 5.91 Å². The van der Waals surface area contributed by atoms with Gasteiger partial charge in [-0.25, -0.2) is 0 Å². The topological polar surface area (TPSA) is 32.3 Å². The van der Waals surface area contributed by atoms with Gasteiger partial charge in [-0.1, -0.05) is 52.4 Å². The Kier molecular flexibility index (Phi) is 5.26. The van der Waals surface area contributed by atoms with Crippen molar-refractivity contribution in [1.82, 2.24) is 10.2 Å². The van der Waals surface area contributed by atoms with Crippen molar-refractivity contribution in [3.05, 3.63) is 0 Å². The van der Waals surface area contributed by atoms with E-state index in [4.69, 9.17) is 0 Å². The number of hydrogen-bond acceptors (Lipinski definition) is 2. The first kappa shape index (κ1) is 14.8. The van der Waals surface area contributed by atoms with E-state index in [0.29, 0.717) is 12.1 Å². The first-order chi connectivity index (χ1) is 9.23. The lowest BCUT2D eigenvalue weighted by atomic mass is 9.98. The van der Waals surface area contributed by atoms with Crippen LogP contribution in [0.2, 0.25) is 0 Å². The molecule has 0 aromatic carbocycles. The highest BCUT2D eigenvalue weighted by Gasteiger charge is 2.51. The van der Waals surface area contributed by atoms with Gasteiger partial charge in [0.25, 0.3) is 0 Å². The number of carbonyl (C=O) groups is 1. The van der Waals surface area contributed by atoms with E-state index >= 15 is 0 Å². The Morgan fingerprint density at radius 2 is 1.89 bits per heavy atom. The molecular weight excluding hydrogens is 236 g/mol. The molecule has 3 heteroatoms. The summed E-state index contributed by atoms with van der Waals surface area (Å²) < 4.78 is 0. The van der Waals surface area contributed by atoms with Crippen molar-refractivity contribution in [2.45, 2.75) is 89.8 Å². The Morgan fingerprint density at radius 3 is 2.53 bits per heavy atom. The highest BCUT2D eigenvalue weighted by molar-refractivity contribution is 5.89. The minimum Gasteiger partial charge on any atom is -0.326 e. The number of nitrogens with one attached hydrogen (secondary N) is 1. The molecule has 1 heterocycles. The zero-order valence-corrected chi connectivity index (χ0v) is 12.7. The average molecular weight is 266 g/mol. The molecule has 1 spiro atoms. The lowest BCUT2D eigenvalue weighted by molar-refractivity contribution is -0.133. The van der Waals surface area contributed by atoms with Gasteiger partial charge in [0.15, 0.2) is 0 Å². The summed E-state index contributed by atoms with van der Waals surface area (Å²) in [6.07, 6.45) is 12.0. The molecule has 1 N–H and O–H groups in total. The summed E-state index contributed by atoms with van der Waals surface area (Å²) in [5.41, 5.74) is -0.176. The Bertz CT molecular complexity index is 297. The van der Waals surface area contributed by atoms with E-state index in [1.165, 1.54) is 32.1 Å². The Labute approximate surface area is 118 Å². The molecule has 0 aromatic heterocycles. The molecule has 0 bridgehead atoms. The zero-order chi connectivity index (χ0) is 13.7. The summed E-state index contributed by atoms with van der Waals surface area (Å²) in [5, 5.41) is 3.68. The lowest BCUT2D eigenvalue weighted by Crippen LogP contribution is -2.44. The largest absolute Gasteiger partial charge is 0.326 e. The summed E-state index contributed by atoms with van der Waals surface area (Å²) in [4.78, 5) is 14.9. The van der Waals surface area contributed by atoms with Crippen LogP contribution < -0.4 is 5.32 Å². The SMILES string of the molecule is CCCCCCN1C(=O)C2(CCCC2)NC1CCC. The number of hydrogen-bond donors (Lipinski definition) is 1. The van der Waals surface area contributed by atoms with Crippen molar-refractivity contribution in [1.29, 1.82) is 0 Å². The first-order valence-electron chi connectivity index (χ1n) is 8.32. The van der Waals surface area contributed by atoms with Gasteiger partial charge in [-0.2, -0.15) is 0 Å². The van der Waals surface area contributed by atoms with Gasteiger partial charge in [0.05, 0.1) is 11.7 Å². The van der Waals surface area contributed by atoms with Crippen molar-refractivity contribution in [3.8, 4) is 0 Å². The molecule has 2 rings (SSSR count). The maximum Gasteiger partial charge on any atom is 0.244 e. The molecule has 2 fully saturated rings. The first-order valence-corrected chi connectivity index (χ1v) is 8.32. The summed E-state index contributed by atoms with van der Waals surface area (Å²) in [6, 6.07) is 0. The van der Waals surface area contributed by atoms with Crippen LogP contribution >= 0.6 is 0 Å². The van der Waals surface area contributed by atoms with E-state index in [1.54, 1.807) is 0 Å². The molecule has 19 heavy (non-hydrogen) atoms. The molecule has 1 unspecified atom stereocenters. The van der Waals surface area contributed by atoms with Gasteiger partial charge in [0.1, 0.15) is 0 Å². The molecule has 1 amide bonds. The third-order valence-electron chi connectivity index (χ3n) is 4.76. The molecule has 3 nitrogen and oxygen atoms in total. The molecule has 1 saturated heterocycles. The van der Waals surface area contributed by atoms with Crippen LogP contribution in [0.1, 0.15) is 78.1 Å². The molecule has 1 saturated carbocycles. The second-order valence-corrected chi connectivity index (χ2v) is 6.30. The van der Waals surface area contributed by atoms with Crippen LogP contribution in [-0.4, -0.2) is 29.1 Å². The zero-order valence-electron chi connectivity index (χ0n) is 12.7. The molecule has 1 atom stereocenters. The van der Waals surface area contributed by atoms with Gasteiger partial charge in [-0.05, 0) is 25.7 Å². The fourth-order valence-corrected chi connectivity index (χ4v) is 3.68. The maximum absolute atomic E-state index is 12.7. The molecule has 1 aliphatic heterocycles. The third kappa shape index (κ3) is 3.13. The van der Waals surface area contributed by atoms with Gasteiger partial charge in [-0.3, -0.25) is 10.1 Å². The summed E-state index contributed by atoms with van der Waals surface area (Å²) in [7, 11) is 0. The van der Waals surface area contributed by atoms with Gasteiger partial charge < -0.3 is 4.90 Å². The standard InChI is InChI=1S/C16H30N2O/c1-3-5-6-9-13-18-14(10-4-2)17-16(15(18)19)11-7-8-12-16/h14,17H,3-13H2,1-2H3. The van der Waals surface area contributed by atoms with Crippen molar-refractivity contribution < 1.29 is 4.79 Å². The molecule has 1 aliphatic carbocycles. The highest BCUT2D eigenvalue weighted by atomic mass is 16.2. The predicted molar refractivity (Wildman–Crippen MR) is 78.9 cm³/mol. The van der Waals surface area contributed by atoms with Crippen LogP contribution in [0.5, 0.6) is 0 Å². The predicted octanol–water partition coefficient (Wildman–Crippen LogP) is 3.44. The van der Waals surface area contributed by atoms with E-state index in [2.05, 4.69) is 24.1 Å². The summed E-state index contributed by atoms with van der Waals surface area (Å²) in [5.74, 6) is 0.403. The van der Waals surface area contributed by atoms with Crippen LogP contribution in [0.15, 0.2) is 0 Å². The second-order valence-electron chi connectivity index (χ2n) is 6.30. The van der Waals surface area contributed by atoms with Crippen LogP contribution in [0.25, 0.3) is 0 Å². The van der Waals surface area contributed by atoms with Crippen LogP contribution in [0.3, 0.4) is 0 Å². The molecule has 2 aliphatic rings. The van der Waals surface area contributed by atoms with Crippen molar-refractivity contribution in [3.63, 3.8) is 0 Å². The number of nitrogens with zero attached hydrogens (tertiary/aromatic N) is 1. The van der Waals surface area contributed by atoms with E-state index in [-0.39, 0.29) is 5.54 Å². The van der Waals surface area contributed by atoms with Crippen LogP contribution in [0.4, 0.5) is 0 Å². The number of rotatable bonds is 7. The van der Waals surface area contributed by atoms with E-state index < -0.39 is 0 Å². The number of carbonyl (C=O) groups excluding carboxylic acids is 1. The normalized spacial score (nSPS) is 25.7. The van der Waals surface area contributed by atoms with E-state index in [1.807, 2.05) is 0 Å². The summed E-state index contributed by atoms with van der Waals surface area (Å²) in [6.45, 7) is 5.40. The lowest BCUT2D eigenvalue weighted by Gasteiger charge is -2.23. The Hall–Kier alpha value is -0.570. The third-order valence-corrected chi connectivity index (χ3v) is 4.76. The monoisotopic (exact) mass is 266 g/mol. The molecule has 0 radical (unpaired) electrons. The van der Waals surface area contributed by atoms with E-state index in [9.17, 15) is 4.79 Å². The highest BCUT2D eigenvalue weighted by Crippen LogP contribution is 2.37. The number of unbranched alkanes of at least 4 members (excludes halogenated alkanes) is 3. The Balaban J connectivity index is 1.95. The van der Waals surface area contributed by atoms with Crippen LogP contribution in [-0.2, 0) is 4.79 Å². The van der Waals surface area contributed by atoms with Crippen molar-refractivity contribution in [2.24, 2.45) is 0 Å². The fourth-order valence-electron chi connectivity index (χ4n) is 3.68. The smallest absolute Gasteiger partial charge is 0.244 e. The van der Waals surface area contributed by atoms with Crippen molar-refractivity contribution in [2.75, 3.05) is 6.54 Å². The van der Waals surface area contributed by atoms with Crippen LogP contribution in [0, 0.1) is 0 Å². The molecule has 0 aromatic rings. The molecule has 110 valence electrons. The molecular formula is C16H30N2O. The minimum absolute atomic E-state index is 0.176. The fraction of sp³-hybridized carbons (Fsp3) is 0.938. The Morgan fingerprint density at radius 1 is 1.16 bits per heavy atom.